The summed E-state index contributed by atoms with van der Waals surface area (Å²) in [4.78, 5) is 38.8. The molecule has 6 nitrogen and oxygen atoms in total. The maximum Gasteiger partial charge on any atom is 0.293 e. The van der Waals surface area contributed by atoms with Gasteiger partial charge < -0.3 is 10.1 Å². The number of nitrogens with zero attached hydrogens (tertiary/aromatic N) is 1. The number of ether oxygens (including phenoxy) is 1. The molecular weight excluding hydrogens is 516 g/mol. The minimum absolute atomic E-state index is 0.123. The molecule has 4 rings (SSSR count). The fourth-order valence-corrected chi connectivity index (χ4v) is 4.39. The highest BCUT2D eigenvalue weighted by Gasteiger charge is 2.34. The second-order valence-corrected chi connectivity index (χ2v) is 9.58. The van der Waals surface area contributed by atoms with Gasteiger partial charge in [-0.3, -0.25) is 19.3 Å². The Labute approximate surface area is 210 Å². The van der Waals surface area contributed by atoms with Crippen LogP contribution in [0.25, 0.3) is 6.08 Å². The predicted octanol–water partition coefficient (Wildman–Crippen LogP) is 6.01. The third-order valence-corrected chi connectivity index (χ3v) is 6.41. The highest BCUT2D eigenvalue weighted by atomic mass is 79.9. The molecule has 172 valence electrons. The standard InChI is InChI=1S/C26H21BrN2O4S/c1-17-3-2-4-21(13-17)28-24(30)16-33-22-11-7-18(8-12-22)14-23-25(31)29(26(32)34-23)15-19-5-9-20(27)10-6-19/h2-14H,15-16H2,1H3,(H,28,30)/b23-14+. The zero-order valence-electron chi connectivity index (χ0n) is 18.3. The fourth-order valence-electron chi connectivity index (χ4n) is 3.29. The topological polar surface area (TPSA) is 75.7 Å². The number of hydrogen-bond acceptors (Lipinski definition) is 5. The molecular formula is C26H21BrN2O4S. The van der Waals surface area contributed by atoms with Gasteiger partial charge in [0.1, 0.15) is 5.75 Å². The van der Waals surface area contributed by atoms with E-state index in [0.717, 1.165) is 38.6 Å². The molecule has 0 saturated carbocycles. The molecule has 0 atom stereocenters. The smallest absolute Gasteiger partial charge is 0.293 e. The SMILES string of the molecule is Cc1cccc(NC(=O)COc2ccc(/C=C3/SC(=O)N(Cc4ccc(Br)cc4)C3=O)cc2)c1. The quantitative estimate of drug-likeness (QED) is 0.374. The van der Waals surface area contributed by atoms with Crippen LogP contribution in [-0.4, -0.2) is 28.6 Å². The molecule has 1 N–H and O–H groups in total. The molecule has 1 heterocycles. The lowest BCUT2D eigenvalue weighted by molar-refractivity contribution is -0.123. The van der Waals surface area contributed by atoms with Crippen molar-refractivity contribution >= 4 is 56.5 Å². The number of imide groups is 1. The summed E-state index contributed by atoms with van der Waals surface area (Å²) in [7, 11) is 0. The summed E-state index contributed by atoms with van der Waals surface area (Å²) in [5.41, 5.74) is 3.41. The van der Waals surface area contributed by atoms with E-state index in [9.17, 15) is 14.4 Å². The van der Waals surface area contributed by atoms with Gasteiger partial charge >= 0.3 is 0 Å². The number of aryl methyl sites for hydroxylation is 1. The van der Waals surface area contributed by atoms with Gasteiger partial charge in [-0.15, -0.1) is 0 Å². The largest absolute Gasteiger partial charge is 0.484 e. The van der Waals surface area contributed by atoms with E-state index in [1.807, 2.05) is 55.5 Å². The zero-order chi connectivity index (χ0) is 24.1. The number of nitrogens with one attached hydrogen (secondary N) is 1. The molecule has 3 aromatic carbocycles. The van der Waals surface area contributed by atoms with Crippen LogP contribution in [0.15, 0.2) is 82.2 Å². The minimum Gasteiger partial charge on any atom is -0.484 e. The monoisotopic (exact) mass is 536 g/mol. The normalized spacial score (nSPS) is 14.5. The van der Waals surface area contributed by atoms with Crippen molar-refractivity contribution in [3.05, 3.63) is 98.9 Å². The lowest BCUT2D eigenvalue weighted by Crippen LogP contribution is -2.27. The first kappa shape index (κ1) is 23.8. The minimum atomic E-state index is -0.314. The molecule has 0 bridgehead atoms. The van der Waals surface area contributed by atoms with E-state index >= 15 is 0 Å². The molecule has 1 aliphatic rings. The third kappa shape index (κ3) is 6.15. The molecule has 1 saturated heterocycles. The van der Waals surface area contributed by atoms with Crippen LogP contribution in [0, 0.1) is 6.92 Å². The van der Waals surface area contributed by atoms with E-state index in [1.165, 1.54) is 4.90 Å². The van der Waals surface area contributed by atoms with Crippen LogP contribution in [-0.2, 0) is 16.1 Å². The van der Waals surface area contributed by atoms with Gasteiger partial charge in [0.25, 0.3) is 17.1 Å². The van der Waals surface area contributed by atoms with Gasteiger partial charge in [0.2, 0.25) is 0 Å². The van der Waals surface area contributed by atoms with E-state index in [2.05, 4.69) is 21.2 Å². The van der Waals surface area contributed by atoms with E-state index < -0.39 is 0 Å². The summed E-state index contributed by atoms with van der Waals surface area (Å²) in [5, 5.41) is 2.50. The summed E-state index contributed by atoms with van der Waals surface area (Å²) in [6, 6.07) is 22.0. The first-order valence-electron chi connectivity index (χ1n) is 10.5. The lowest BCUT2D eigenvalue weighted by Gasteiger charge is -2.12. The zero-order valence-corrected chi connectivity index (χ0v) is 20.7. The average molecular weight is 537 g/mol. The summed E-state index contributed by atoms with van der Waals surface area (Å²) in [6.07, 6.45) is 1.68. The summed E-state index contributed by atoms with van der Waals surface area (Å²) in [5.74, 6) is -0.0416. The Morgan fingerprint density at radius 3 is 2.50 bits per heavy atom. The lowest BCUT2D eigenvalue weighted by atomic mass is 10.2. The van der Waals surface area contributed by atoms with Crippen LogP contribution in [0.5, 0.6) is 5.75 Å². The van der Waals surface area contributed by atoms with E-state index in [4.69, 9.17) is 4.74 Å². The third-order valence-electron chi connectivity index (χ3n) is 4.98. The van der Waals surface area contributed by atoms with Gasteiger partial charge in [0.05, 0.1) is 11.4 Å². The molecule has 8 heteroatoms. The molecule has 0 aliphatic carbocycles. The van der Waals surface area contributed by atoms with Crippen LogP contribution in [0.4, 0.5) is 10.5 Å². The Morgan fingerprint density at radius 2 is 1.79 bits per heavy atom. The van der Waals surface area contributed by atoms with Crippen molar-refractivity contribution in [1.29, 1.82) is 0 Å². The van der Waals surface area contributed by atoms with Crippen LogP contribution in [0.2, 0.25) is 0 Å². The number of hydrogen-bond donors (Lipinski definition) is 1. The molecule has 3 aromatic rings. The van der Waals surface area contributed by atoms with Gasteiger partial charge in [-0.25, -0.2) is 0 Å². The highest BCUT2D eigenvalue weighted by Crippen LogP contribution is 2.33. The maximum absolute atomic E-state index is 12.7. The first-order valence-corrected chi connectivity index (χ1v) is 12.1. The van der Waals surface area contributed by atoms with Crippen molar-refractivity contribution in [2.24, 2.45) is 0 Å². The molecule has 0 spiro atoms. The number of rotatable bonds is 7. The molecule has 0 aromatic heterocycles. The first-order chi connectivity index (χ1) is 16.4. The van der Waals surface area contributed by atoms with Crippen molar-refractivity contribution < 1.29 is 19.1 Å². The Bertz CT molecular complexity index is 1260. The maximum atomic E-state index is 12.7. The number of amides is 3. The van der Waals surface area contributed by atoms with Crippen molar-refractivity contribution in [3.63, 3.8) is 0 Å². The molecule has 0 radical (unpaired) electrons. The Morgan fingerprint density at radius 1 is 1.06 bits per heavy atom. The second-order valence-electron chi connectivity index (χ2n) is 7.67. The van der Waals surface area contributed by atoms with Crippen molar-refractivity contribution in [2.75, 3.05) is 11.9 Å². The van der Waals surface area contributed by atoms with Gasteiger partial charge in [-0.05, 0) is 77.9 Å². The Hall–Kier alpha value is -3.36. The van der Waals surface area contributed by atoms with Crippen molar-refractivity contribution in [1.82, 2.24) is 4.90 Å². The number of carbonyl (C=O) groups is 3. The van der Waals surface area contributed by atoms with Crippen LogP contribution < -0.4 is 10.1 Å². The summed E-state index contributed by atoms with van der Waals surface area (Å²) < 4.78 is 6.49. The van der Waals surface area contributed by atoms with E-state index in [1.54, 1.807) is 30.3 Å². The van der Waals surface area contributed by atoms with E-state index in [0.29, 0.717) is 10.7 Å². The average Bonchev–Trinajstić information content (AvgIpc) is 3.07. The molecule has 3 amide bonds. The molecule has 1 aliphatic heterocycles. The van der Waals surface area contributed by atoms with Gasteiger partial charge in [-0.2, -0.15) is 0 Å². The number of benzene rings is 3. The summed E-state index contributed by atoms with van der Waals surface area (Å²) >= 11 is 4.30. The summed E-state index contributed by atoms with van der Waals surface area (Å²) in [6.45, 7) is 2.06. The van der Waals surface area contributed by atoms with Crippen LogP contribution in [0.3, 0.4) is 0 Å². The predicted molar refractivity (Wildman–Crippen MR) is 137 cm³/mol. The van der Waals surface area contributed by atoms with Gasteiger partial charge in [0.15, 0.2) is 6.61 Å². The van der Waals surface area contributed by atoms with Crippen LogP contribution >= 0.6 is 27.7 Å². The van der Waals surface area contributed by atoms with Crippen molar-refractivity contribution in [3.8, 4) is 5.75 Å². The second kappa shape index (κ2) is 10.7. The Kier molecular flexibility index (Phi) is 7.49. The number of halogens is 1. The molecule has 1 fully saturated rings. The number of anilines is 1. The molecule has 0 unspecified atom stereocenters. The van der Waals surface area contributed by atoms with Crippen LogP contribution in [0.1, 0.15) is 16.7 Å². The fraction of sp³-hybridized carbons (Fsp3) is 0.115. The molecule has 34 heavy (non-hydrogen) atoms. The van der Waals surface area contributed by atoms with Crippen molar-refractivity contribution in [2.45, 2.75) is 13.5 Å². The highest BCUT2D eigenvalue weighted by molar-refractivity contribution is 9.10. The number of thioether (sulfide) groups is 1. The van der Waals surface area contributed by atoms with Gasteiger partial charge in [0, 0.05) is 10.2 Å². The number of carbonyl (C=O) groups excluding carboxylic acids is 3. The van der Waals surface area contributed by atoms with E-state index in [-0.39, 0.29) is 30.2 Å². The van der Waals surface area contributed by atoms with Gasteiger partial charge in [-0.1, -0.05) is 52.3 Å². The Balaban J connectivity index is 1.33.